The molecule has 0 bridgehead atoms. The van der Waals surface area contributed by atoms with Gasteiger partial charge in [0.15, 0.2) is 5.82 Å². The van der Waals surface area contributed by atoms with Crippen LogP contribution in [0.2, 0.25) is 0 Å². The lowest BCUT2D eigenvalue weighted by molar-refractivity contribution is 0.184. The Morgan fingerprint density at radius 1 is 1.07 bits per heavy atom. The lowest BCUT2D eigenvalue weighted by atomic mass is 9.98. The number of nitrogens with one attached hydrogen (secondary N) is 1. The van der Waals surface area contributed by atoms with Crippen LogP contribution in [-0.4, -0.2) is 46.8 Å². The number of carbonyl (C=O) groups excluding carboxylic acids is 1. The minimum absolute atomic E-state index is 0.0594. The summed E-state index contributed by atoms with van der Waals surface area (Å²) in [5.41, 5.74) is 0.671. The van der Waals surface area contributed by atoms with E-state index in [-0.39, 0.29) is 24.2 Å². The Balaban J connectivity index is 1.33. The molecule has 2 aliphatic rings. The predicted octanol–water partition coefficient (Wildman–Crippen LogP) is 2.49. The molecule has 8 heteroatoms. The number of carbonyl (C=O) groups is 1. The molecule has 142 valence electrons. The van der Waals surface area contributed by atoms with Gasteiger partial charge in [0.25, 0.3) is 0 Å². The van der Waals surface area contributed by atoms with Crippen molar-refractivity contribution in [1.29, 1.82) is 0 Å². The number of hydrogen-bond donors (Lipinski definition) is 1. The van der Waals surface area contributed by atoms with E-state index < -0.39 is 11.6 Å². The summed E-state index contributed by atoms with van der Waals surface area (Å²) in [6.07, 6.45) is 3.57. The van der Waals surface area contributed by atoms with Crippen molar-refractivity contribution in [3.8, 4) is 0 Å². The Bertz CT molecular complexity index is 824. The molecule has 2 amide bonds. The van der Waals surface area contributed by atoms with E-state index in [4.69, 9.17) is 0 Å². The molecule has 0 saturated carbocycles. The van der Waals surface area contributed by atoms with Crippen LogP contribution in [0.25, 0.3) is 0 Å². The number of aromatic nitrogens is 2. The number of fused-ring (bicyclic) bond motifs is 1. The lowest BCUT2D eigenvalue weighted by Gasteiger charge is -2.35. The summed E-state index contributed by atoms with van der Waals surface area (Å²) in [5, 5.41) is 11.0. The highest BCUT2D eigenvalue weighted by Gasteiger charge is 2.28. The van der Waals surface area contributed by atoms with Crippen LogP contribution in [0.5, 0.6) is 0 Å². The largest absolute Gasteiger partial charge is 0.355 e. The highest BCUT2D eigenvalue weighted by atomic mass is 19.1. The maximum Gasteiger partial charge on any atom is 0.317 e. The van der Waals surface area contributed by atoms with E-state index in [0.29, 0.717) is 18.5 Å². The Labute approximate surface area is 156 Å². The van der Waals surface area contributed by atoms with Gasteiger partial charge in [-0.25, -0.2) is 13.6 Å². The van der Waals surface area contributed by atoms with E-state index in [1.54, 1.807) is 11.1 Å². The summed E-state index contributed by atoms with van der Waals surface area (Å²) in [5.74, 6) is -0.0172. The zero-order valence-electron chi connectivity index (χ0n) is 14.9. The molecular formula is C19H21F2N5O. The summed E-state index contributed by atoms with van der Waals surface area (Å²) in [7, 11) is 0. The van der Waals surface area contributed by atoms with Crippen molar-refractivity contribution >= 4 is 11.8 Å². The van der Waals surface area contributed by atoms with Crippen LogP contribution >= 0.6 is 0 Å². The SMILES string of the molecule is O=C(NC1CCN(c2cccnn2)CC1)N1CCc2c(F)ccc(F)c2C1. The molecule has 2 aromatic rings. The molecule has 0 radical (unpaired) electrons. The zero-order chi connectivity index (χ0) is 18.8. The molecule has 27 heavy (non-hydrogen) atoms. The van der Waals surface area contributed by atoms with Gasteiger partial charge >= 0.3 is 6.03 Å². The maximum atomic E-state index is 14.0. The Kier molecular flexibility index (Phi) is 4.87. The first-order valence-corrected chi connectivity index (χ1v) is 9.15. The molecular weight excluding hydrogens is 352 g/mol. The normalized spacial score (nSPS) is 17.6. The van der Waals surface area contributed by atoms with Crippen molar-refractivity contribution in [3.63, 3.8) is 0 Å². The molecule has 0 atom stereocenters. The van der Waals surface area contributed by atoms with Crippen molar-refractivity contribution in [2.24, 2.45) is 0 Å². The lowest BCUT2D eigenvalue weighted by Crippen LogP contribution is -2.50. The number of nitrogens with zero attached hydrogens (tertiary/aromatic N) is 4. The number of anilines is 1. The molecule has 4 rings (SSSR count). The summed E-state index contributed by atoms with van der Waals surface area (Å²) in [4.78, 5) is 16.3. The number of urea groups is 1. The molecule has 1 aromatic carbocycles. The zero-order valence-corrected chi connectivity index (χ0v) is 14.9. The number of rotatable bonds is 2. The first-order chi connectivity index (χ1) is 13.1. The van der Waals surface area contributed by atoms with Gasteiger partial charge in [-0.15, -0.1) is 5.10 Å². The van der Waals surface area contributed by atoms with Gasteiger partial charge in [-0.1, -0.05) is 0 Å². The van der Waals surface area contributed by atoms with E-state index in [2.05, 4.69) is 20.4 Å². The topological polar surface area (TPSA) is 61.4 Å². The van der Waals surface area contributed by atoms with Crippen molar-refractivity contribution in [2.75, 3.05) is 24.5 Å². The van der Waals surface area contributed by atoms with Crippen LogP contribution in [0, 0.1) is 11.6 Å². The number of amides is 2. The highest BCUT2D eigenvalue weighted by Crippen LogP contribution is 2.25. The molecule has 0 spiro atoms. The molecule has 2 aliphatic heterocycles. The fourth-order valence-corrected chi connectivity index (χ4v) is 3.75. The fourth-order valence-electron chi connectivity index (χ4n) is 3.75. The third-order valence-electron chi connectivity index (χ3n) is 5.29. The summed E-state index contributed by atoms with van der Waals surface area (Å²) in [6, 6.07) is 5.88. The van der Waals surface area contributed by atoms with Crippen LogP contribution in [0.3, 0.4) is 0 Å². The van der Waals surface area contributed by atoms with E-state index in [1.165, 1.54) is 0 Å². The quantitative estimate of drug-likeness (QED) is 0.879. The highest BCUT2D eigenvalue weighted by molar-refractivity contribution is 5.75. The van der Waals surface area contributed by atoms with Crippen LogP contribution in [0.4, 0.5) is 19.4 Å². The summed E-state index contributed by atoms with van der Waals surface area (Å²) in [6.45, 7) is 2.06. The van der Waals surface area contributed by atoms with Gasteiger partial charge in [-0.3, -0.25) is 0 Å². The van der Waals surface area contributed by atoms with E-state index >= 15 is 0 Å². The average Bonchev–Trinajstić information content (AvgIpc) is 2.72. The Morgan fingerprint density at radius 2 is 1.81 bits per heavy atom. The minimum Gasteiger partial charge on any atom is -0.355 e. The van der Waals surface area contributed by atoms with E-state index in [9.17, 15) is 13.6 Å². The predicted molar refractivity (Wildman–Crippen MR) is 96.3 cm³/mol. The van der Waals surface area contributed by atoms with Gasteiger partial charge in [0.05, 0.1) is 6.54 Å². The average molecular weight is 373 g/mol. The molecule has 1 fully saturated rings. The first kappa shape index (κ1) is 17.6. The third kappa shape index (κ3) is 3.70. The van der Waals surface area contributed by atoms with Crippen molar-refractivity contribution in [1.82, 2.24) is 20.4 Å². The van der Waals surface area contributed by atoms with Crippen molar-refractivity contribution < 1.29 is 13.6 Å². The van der Waals surface area contributed by atoms with Gasteiger partial charge in [-0.2, -0.15) is 5.10 Å². The van der Waals surface area contributed by atoms with Gasteiger partial charge < -0.3 is 15.1 Å². The molecule has 6 nitrogen and oxygen atoms in total. The van der Waals surface area contributed by atoms with Crippen LogP contribution in [0.1, 0.15) is 24.0 Å². The van der Waals surface area contributed by atoms with Crippen molar-refractivity contribution in [3.05, 3.63) is 53.2 Å². The van der Waals surface area contributed by atoms with Crippen LogP contribution < -0.4 is 10.2 Å². The van der Waals surface area contributed by atoms with E-state index in [0.717, 1.165) is 43.9 Å². The first-order valence-electron chi connectivity index (χ1n) is 9.15. The smallest absolute Gasteiger partial charge is 0.317 e. The van der Waals surface area contributed by atoms with E-state index in [1.807, 2.05) is 12.1 Å². The molecule has 1 N–H and O–H groups in total. The molecule has 3 heterocycles. The standard InChI is InChI=1S/C19H21F2N5O/c20-16-3-4-17(21)15-12-26(11-7-14(15)16)19(27)23-13-5-9-25(10-6-13)18-2-1-8-22-24-18/h1-4,8,13H,5-7,9-12H2,(H,23,27). The molecule has 0 aliphatic carbocycles. The second-order valence-corrected chi connectivity index (χ2v) is 6.95. The van der Waals surface area contributed by atoms with Gasteiger partial charge in [-0.05, 0) is 49.1 Å². The van der Waals surface area contributed by atoms with Crippen LogP contribution in [-0.2, 0) is 13.0 Å². The maximum absolute atomic E-state index is 14.0. The Morgan fingerprint density at radius 3 is 2.52 bits per heavy atom. The summed E-state index contributed by atoms with van der Waals surface area (Å²) < 4.78 is 27.8. The van der Waals surface area contributed by atoms with Crippen LogP contribution in [0.15, 0.2) is 30.5 Å². The molecule has 0 unspecified atom stereocenters. The summed E-state index contributed by atoms with van der Waals surface area (Å²) >= 11 is 0. The van der Waals surface area contributed by atoms with Gasteiger partial charge in [0, 0.05) is 37.4 Å². The fraction of sp³-hybridized carbons (Fsp3) is 0.421. The number of hydrogen-bond acceptors (Lipinski definition) is 4. The third-order valence-corrected chi connectivity index (χ3v) is 5.29. The minimum atomic E-state index is -0.457. The van der Waals surface area contributed by atoms with Crippen molar-refractivity contribution in [2.45, 2.75) is 31.8 Å². The second-order valence-electron chi connectivity index (χ2n) is 6.95. The second kappa shape index (κ2) is 7.46. The monoisotopic (exact) mass is 373 g/mol. The van der Waals surface area contributed by atoms with Gasteiger partial charge in [0.1, 0.15) is 11.6 Å². The Hall–Kier alpha value is -2.77. The number of benzene rings is 1. The number of piperidine rings is 1. The number of halogens is 2. The molecule has 1 saturated heterocycles. The van der Waals surface area contributed by atoms with Gasteiger partial charge in [0.2, 0.25) is 0 Å². The molecule has 1 aromatic heterocycles.